The second-order valence-corrected chi connectivity index (χ2v) is 1.71. The Bertz CT molecular complexity index is 177. The SMILES string of the molecule is FC=C1C=CC=CC=C1. The summed E-state index contributed by atoms with van der Waals surface area (Å²) in [5, 5.41) is 0. The molecule has 0 aromatic carbocycles. The molecular formula is C8H7F. The number of allylic oxidation sites excluding steroid dienone is 7. The Balaban J connectivity index is 2.82. The fourth-order valence-electron chi connectivity index (χ4n) is 0.590. The maximum absolute atomic E-state index is 11.8. The molecule has 0 fully saturated rings. The topological polar surface area (TPSA) is 0 Å². The Hall–Kier alpha value is -1.11. The van der Waals surface area contributed by atoms with E-state index in [0.29, 0.717) is 11.9 Å². The van der Waals surface area contributed by atoms with E-state index >= 15 is 0 Å². The van der Waals surface area contributed by atoms with Gasteiger partial charge in [-0.05, 0) is 0 Å². The van der Waals surface area contributed by atoms with Crippen molar-refractivity contribution in [2.45, 2.75) is 0 Å². The zero-order chi connectivity index (χ0) is 6.53. The first-order chi connectivity index (χ1) is 4.43. The van der Waals surface area contributed by atoms with Crippen molar-refractivity contribution in [2.24, 2.45) is 0 Å². The van der Waals surface area contributed by atoms with Gasteiger partial charge in [0, 0.05) is 5.57 Å². The van der Waals surface area contributed by atoms with Crippen molar-refractivity contribution in [3.8, 4) is 0 Å². The maximum atomic E-state index is 11.8. The first-order valence-corrected chi connectivity index (χ1v) is 2.75. The lowest BCUT2D eigenvalue weighted by Crippen LogP contribution is -1.63. The molecule has 0 aromatic rings. The molecule has 0 nitrogen and oxygen atoms in total. The highest BCUT2D eigenvalue weighted by Gasteiger charge is 1.83. The van der Waals surface area contributed by atoms with E-state index in [1.165, 1.54) is 0 Å². The van der Waals surface area contributed by atoms with E-state index in [9.17, 15) is 4.39 Å². The largest absolute Gasteiger partial charge is 0.215 e. The van der Waals surface area contributed by atoms with Crippen LogP contribution >= 0.6 is 0 Å². The van der Waals surface area contributed by atoms with Crippen LogP contribution in [0.2, 0.25) is 0 Å². The molecule has 0 saturated heterocycles. The molecule has 0 N–H and O–H groups in total. The smallest absolute Gasteiger partial charge is 0.0939 e. The molecule has 1 rings (SSSR count). The van der Waals surface area contributed by atoms with Crippen molar-refractivity contribution in [2.75, 3.05) is 0 Å². The van der Waals surface area contributed by atoms with Crippen LogP contribution in [-0.2, 0) is 0 Å². The summed E-state index contributed by atoms with van der Waals surface area (Å²) in [6, 6.07) is 0. The fraction of sp³-hybridized carbons (Fsp3) is 0. The summed E-state index contributed by atoms with van der Waals surface area (Å²) in [6.45, 7) is 0. The van der Waals surface area contributed by atoms with Crippen molar-refractivity contribution in [3.63, 3.8) is 0 Å². The lowest BCUT2D eigenvalue weighted by Gasteiger charge is -1.82. The lowest BCUT2D eigenvalue weighted by molar-refractivity contribution is 0.716. The molecule has 0 aromatic heterocycles. The van der Waals surface area contributed by atoms with Crippen LogP contribution in [0, 0.1) is 0 Å². The van der Waals surface area contributed by atoms with Gasteiger partial charge in [-0.2, -0.15) is 0 Å². The van der Waals surface area contributed by atoms with Crippen molar-refractivity contribution >= 4 is 0 Å². The van der Waals surface area contributed by atoms with Crippen LogP contribution in [0.3, 0.4) is 0 Å². The van der Waals surface area contributed by atoms with Crippen LogP contribution in [0.25, 0.3) is 0 Å². The van der Waals surface area contributed by atoms with E-state index in [0.717, 1.165) is 0 Å². The van der Waals surface area contributed by atoms with E-state index in [4.69, 9.17) is 0 Å². The van der Waals surface area contributed by atoms with E-state index in [-0.39, 0.29) is 0 Å². The molecule has 1 aliphatic rings. The maximum Gasteiger partial charge on any atom is 0.0939 e. The van der Waals surface area contributed by atoms with Crippen molar-refractivity contribution < 1.29 is 4.39 Å². The van der Waals surface area contributed by atoms with Gasteiger partial charge in [0.2, 0.25) is 0 Å². The Morgan fingerprint density at radius 2 is 1.56 bits per heavy atom. The third kappa shape index (κ3) is 1.68. The van der Waals surface area contributed by atoms with Gasteiger partial charge in [-0.15, -0.1) is 0 Å². The quantitative estimate of drug-likeness (QED) is 0.463. The van der Waals surface area contributed by atoms with Crippen LogP contribution < -0.4 is 0 Å². The summed E-state index contributed by atoms with van der Waals surface area (Å²) < 4.78 is 11.8. The lowest BCUT2D eigenvalue weighted by atomic mass is 10.3. The van der Waals surface area contributed by atoms with Crippen LogP contribution in [0.5, 0.6) is 0 Å². The van der Waals surface area contributed by atoms with Gasteiger partial charge >= 0.3 is 0 Å². The second kappa shape index (κ2) is 3.02. The van der Waals surface area contributed by atoms with Gasteiger partial charge in [-0.3, -0.25) is 0 Å². The summed E-state index contributed by atoms with van der Waals surface area (Å²) in [6.07, 6.45) is 11.3. The Labute approximate surface area is 53.7 Å². The minimum atomic E-state index is 0.583. The fourth-order valence-corrected chi connectivity index (χ4v) is 0.590. The Kier molecular flexibility index (Phi) is 2.02. The Morgan fingerprint density at radius 3 is 2.00 bits per heavy atom. The normalized spacial score (nSPS) is 15.9. The van der Waals surface area contributed by atoms with Gasteiger partial charge < -0.3 is 0 Å². The van der Waals surface area contributed by atoms with E-state index in [1.54, 1.807) is 24.3 Å². The zero-order valence-corrected chi connectivity index (χ0v) is 4.92. The number of hydrogen-bond acceptors (Lipinski definition) is 0. The van der Waals surface area contributed by atoms with Crippen LogP contribution in [0.4, 0.5) is 4.39 Å². The third-order valence-corrected chi connectivity index (χ3v) is 1.04. The summed E-state index contributed by atoms with van der Waals surface area (Å²) in [5.41, 5.74) is 0.597. The summed E-state index contributed by atoms with van der Waals surface area (Å²) in [4.78, 5) is 0. The first kappa shape index (κ1) is 6.02. The number of halogens is 1. The molecule has 0 radical (unpaired) electrons. The molecule has 1 aliphatic carbocycles. The molecule has 0 saturated carbocycles. The summed E-state index contributed by atoms with van der Waals surface area (Å²) in [5.74, 6) is 0. The van der Waals surface area contributed by atoms with Gasteiger partial charge in [-0.1, -0.05) is 36.5 Å². The highest BCUT2D eigenvalue weighted by molar-refractivity contribution is 5.35. The number of rotatable bonds is 0. The van der Waals surface area contributed by atoms with Crippen molar-refractivity contribution in [1.29, 1.82) is 0 Å². The van der Waals surface area contributed by atoms with Gasteiger partial charge in [0.15, 0.2) is 0 Å². The van der Waals surface area contributed by atoms with E-state index in [1.807, 2.05) is 12.2 Å². The van der Waals surface area contributed by atoms with Crippen molar-refractivity contribution in [1.82, 2.24) is 0 Å². The van der Waals surface area contributed by atoms with Gasteiger partial charge in [0.25, 0.3) is 0 Å². The second-order valence-electron chi connectivity index (χ2n) is 1.71. The average Bonchev–Trinajstić information content (AvgIpc) is 2.13. The molecule has 0 bridgehead atoms. The molecule has 0 atom stereocenters. The highest BCUT2D eigenvalue weighted by Crippen LogP contribution is 2.03. The van der Waals surface area contributed by atoms with E-state index < -0.39 is 0 Å². The predicted octanol–water partition coefficient (Wildman–Crippen LogP) is 2.52. The van der Waals surface area contributed by atoms with E-state index in [2.05, 4.69) is 0 Å². The van der Waals surface area contributed by atoms with Crippen LogP contribution in [0.15, 0.2) is 48.4 Å². The molecule has 0 spiro atoms. The first-order valence-electron chi connectivity index (χ1n) is 2.75. The molecule has 0 heterocycles. The third-order valence-electron chi connectivity index (χ3n) is 1.04. The summed E-state index contributed by atoms with van der Waals surface area (Å²) in [7, 11) is 0. The molecule has 0 amide bonds. The van der Waals surface area contributed by atoms with Crippen molar-refractivity contribution in [3.05, 3.63) is 48.4 Å². The molecule has 9 heavy (non-hydrogen) atoms. The summed E-state index contributed by atoms with van der Waals surface area (Å²) >= 11 is 0. The molecule has 46 valence electrons. The monoisotopic (exact) mass is 122 g/mol. The number of hydrogen-bond donors (Lipinski definition) is 0. The molecular weight excluding hydrogens is 115 g/mol. The minimum Gasteiger partial charge on any atom is -0.215 e. The zero-order valence-electron chi connectivity index (χ0n) is 4.92. The van der Waals surface area contributed by atoms with Crippen LogP contribution in [-0.4, -0.2) is 0 Å². The Morgan fingerprint density at radius 1 is 1.00 bits per heavy atom. The van der Waals surface area contributed by atoms with Gasteiger partial charge in [0.05, 0.1) is 6.33 Å². The van der Waals surface area contributed by atoms with Gasteiger partial charge in [-0.25, -0.2) is 4.39 Å². The average molecular weight is 122 g/mol. The predicted molar refractivity (Wildman–Crippen MR) is 36.6 cm³/mol. The standard InChI is InChI=1S/C8H7F/c9-7-8-5-3-1-2-4-6-8/h1-7H. The molecule has 0 aliphatic heterocycles. The van der Waals surface area contributed by atoms with Gasteiger partial charge in [0.1, 0.15) is 0 Å². The van der Waals surface area contributed by atoms with Crippen LogP contribution in [0.1, 0.15) is 0 Å². The molecule has 0 unspecified atom stereocenters. The molecule has 1 heteroatoms. The highest BCUT2D eigenvalue weighted by atomic mass is 19.1. The minimum absolute atomic E-state index is 0.583.